The second-order valence-electron chi connectivity index (χ2n) is 6.57. The lowest BCUT2D eigenvalue weighted by atomic mass is 10.1. The first-order valence-electron chi connectivity index (χ1n) is 7.89. The lowest BCUT2D eigenvalue weighted by Crippen LogP contribution is -2.32. The molecule has 126 valence electrons. The maximum Gasteiger partial charge on any atom is 0.331 e. The zero-order chi connectivity index (χ0) is 17.6. The molecular formula is C20H22ClNO2. The highest BCUT2D eigenvalue weighted by Gasteiger charge is 2.24. The lowest BCUT2D eigenvalue weighted by molar-refractivity contribution is -0.156. The molecule has 24 heavy (non-hydrogen) atoms. The zero-order valence-electron chi connectivity index (χ0n) is 14.2. The zero-order valence-corrected chi connectivity index (χ0v) is 15.0. The second-order valence-corrected chi connectivity index (χ2v) is 7.01. The molecule has 0 aliphatic carbocycles. The number of aliphatic imine (C=N–C) groups is 1. The number of ether oxygens (including phenoxy) is 1. The molecular weight excluding hydrogens is 322 g/mol. The van der Waals surface area contributed by atoms with Crippen LogP contribution in [0.2, 0.25) is 5.02 Å². The minimum absolute atomic E-state index is 0.323. The van der Waals surface area contributed by atoms with E-state index >= 15 is 0 Å². The number of hydrogen-bond donors (Lipinski definition) is 0. The fourth-order valence-corrected chi connectivity index (χ4v) is 2.25. The Morgan fingerprint density at radius 1 is 1.12 bits per heavy atom. The quantitative estimate of drug-likeness (QED) is 0.582. The largest absolute Gasteiger partial charge is 0.458 e. The van der Waals surface area contributed by atoms with E-state index in [1.54, 1.807) is 18.3 Å². The van der Waals surface area contributed by atoms with Crippen LogP contribution in [-0.4, -0.2) is 23.8 Å². The Morgan fingerprint density at radius 3 is 2.33 bits per heavy atom. The fraction of sp³-hybridized carbons (Fsp3) is 0.300. The first-order valence-corrected chi connectivity index (χ1v) is 8.27. The fourth-order valence-electron chi connectivity index (χ4n) is 2.13. The molecule has 1 atom stereocenters. The van der Waals surface area contributed by atoms with Gasteiger partial charge in [-0.1, -0.05) is 54.1 Å². The molecule has 3 nitrogen and oxygen atoms in total. The van der Waals surface area contributed by atoms with Crippen molar-refractivity contribution in [3.05, 3.63) is 70.7 Å². The summed E-state index contributed by atoms with van der Waals surface area (Å²) in [7, 11) is 0. The summed E-state index contributed by atoms with van der Waals surface area (Å²) in [6.45, 7) is 5.56. The highest BCUT2D eigenvalue weighted by molar-refractivity contribution is 6.30. The summed E-state index contributed by atoms with van der Waals surface area (Å²) in [4.78, 5) is 16.9. The molecule has 0 aliphatic heterocycles. The van der Waals surface area contributed by atoms with Gasteiger partial charge in [0, 0.05) is 17.7 Å². The summed E-state index contributed by atoms with van der Waals surface area (Å²) in [5.74, 6) is -0.323. The van der Waals surface area contributed by atoms with Gasteiger partial charge in [0.25, 0.3) is 0 Å². The third-order valence-electron chi connectivity index (χ3n) is 3.22. The van der Waals surface area contributed by atoms with E-state index in [4.69, 9.17) is 16.3 Å². The number of carbonyl (C=O) groups is 1. The van der Waals surface area contributed by atoms with E-state index in [1.807, 2.05) is 63.2 Å². The number of benzene rings is 2. The van der Waals surface area contributed by atoms with E-state index in [0.29, 0.717) is 11.4 Å². The van der Waals surface area contributed by atoms with Gasteiger partial charge in [-0.3, -0.25) is 4.99 Å². The summed E-state index contributed by atoms with van der Waals surface area (Å²) < 4.78 is 5.51. The van der Waals surface area contributed by atoms with Crippen molar-refractivity contribution in [2.75, 3.05) is 0 Å². The van der Waals surface area contributed by atoms with Crippen LogP contribution in [0.5, 0.6) is 0 Å². The van der Waals surface area contributed by atoms with Crippen LogP contribution >= 0.6 is 11.6 Å². The van der Waals surface area contributed by atoms with Crippen LogP contribution in [0.25, 0.3) is 0 Å². The van der Waals surface area contributed by atoms with Crippen LogP contribution in [0.4, 0.5) is 0 Å². The Bertz CT molecular complexity index is 688. The summed E-state index contributed by atoms with van der Waals surface area (Å²) in [5.41, 5.74) is 1.39. The van der Waals surface area contributed by atoms with Gasteiger partial charge in [-0.2, -0.15) is 0 Å². The van der Waals surface area contributed by atoms with Crippen molar-refractivity contribution in [2.45, 2.75) is 38.8 Å². The molecule has 0 heterocycles. The molecule has 0 bridgehead atoms. The van der Waals surface area contributed by atoms with Crippen molar-refractivity contribution in [3.8, 4) is 0 Å². The van der Waals surface area contributed by atoms with E-state index in [1.165, 1.54) is 0 Å². The smallest absolute Gasteiger partial charge is 0.331 e. The van der Waals surface area contributed by atoms with Crippen molar-refractivity contribution in [1.29, 1.82) is 0 Å². The van der Waals surface area contributed by atoms with E-state index in [-0.39, 0.29) is 5.97 Å². The number of hydrogen-bond acceptors (Lipinski definition) is 3. The maximum atomic E-state index is 12.5. The van der Waals surface area contributed by atoms with Crippen LogP contribution in [-0.2, 0) is 16.0 Å². The summed E-state index contributed by atoms with van der Waals surface area (Å²) in [5, 5.41) is 0.667. The van der Waals surface area contributed by atoms with Crippen molar-refractivity contribution in [1.82, 2.24) is 0 Å². The van der Waals surface area contributed by atoms with E-state index in [2.05, 4.69) is 4.99 Å². The third-order valence-corrected chi connectivity index (χ3v) is 3.48. The Kier molecular flexibility index (Phi) is 6.16. The minimum Gasteiger partial charge on any atom is -0.458 e. The third kappa shape index (κ3) is 6.17. The maximum absolute atomic E-state index is 12.5. The normalized spacial score (nSPS) is 13.0. The minimum atomic E-state index is -0.581. The number of halogens is 1. The topological polar surface area (TPSA) is 38.7 Å². The second kappa shape index (κ2) is 8.11. The van der Waals surface area contributed by atoms with Gasteiger partial charge in [0.2, 0.25) is 0 Å². The average Bonchev–Trinajstić information content (AvgIpc) is 2.52. The number of nitrogens with zero attached hydrogens (tertiary/aromatic N) is 1. The SMILES string of the molecule is CC(C)(C)OC(=O)[C@H](Cc1ccccc1)N=Cc1ccc(Cl)cc1. The van der Waals surface area contributed by atoms with Crippen LogP contribution in [0.15, 0.2) is 59.6 Å². The van der Waals surface area contributed by atoms with Gasteiger partial charge >= 0.3 is 5.97 Å². The molecule has 2 aromatic carbocycles. The van der Waals surface area contributed by atoms with Gasteiger partial charge in [0.05, 0.1) is 0 Å². The van der Waals surface area contributed by atoms with Gasteiger partial charge in [0.15, 0.2) is 6.04 Å². The van der Waals surface area contributed by atoms with Crippen LogP contribution in [0, 0.1) is 0 Å². The molecule has 0 spiro atoms. The van der Waals surface area contributed by atoms with Gasteiger partial charge in [-0.15, -0.1) is 0 Å². The highest BCUT2D eigenvalue weighted by atomic mass is 35.5. The van der Waals surface area contributed by atoms with E-state index < -0.39 is 11.6 Å². The highest BCUT2D eigenvalue weighted by Crippen LogP contribution is 2.14. The molecule has 0 radical (unpaired) electrons. The van der Waals surface area contributed by atoms with Crippen LogP contribution < -0.4 is 0 Å². The molecule has 2 aromatic rings. The molecule has 0 amide bonds. The summed E-state index contributed by atoms with van der Waals surface area (Å²) in [6, 6.07) is 16.5. The van der Waals surface area contributed by atoms with E-state index in [0.717, 1.165) is 11.1 Å². The monoisotopic (exact) mass is 343 g/mol. The number of rotatable bonds is 5. The van der Waals surface area contributed by atoms with Gasteiger partial charge in [-0.05, 0) is 44.0 Å². The predicted molar refractivity (Wildman–Crippen MR) is 98.8 cm³/mol. The molecule has 0 aliphatic rings. The van der Waals surface area contributed by atoms with Gasteiger partial charge < -0.3 is 4.74 Å². The Labute approximate surface area is 148 Å². The Balaban J connectivity index is 2.18. The molecule has 0 fully saturated rings. The van der Waals surface area contributed by atoms with Crippen LogP contribution in [0.3, 0.4) is 0 Å². The average molecular weight is 344 g/mol. The lowest BCUT2D eigenvalue weighted by Gasteiger charge is -2.22. The number of esters is 1. The standard InChI is InChI=1S/C20H22ClNO2/c1-20(2,3)24-19(23)18(13-15-7-5-4-6-8-15)22-14-16-9-11-17(21)12-10-16/h4-12,14,18H,13H2,1-3H3/t18-/m0/s1. The first kappa shape index (κ1) is 18.2. The summed E-state index contributed by atoms with van der Waals surface area (Å²) in [6.07, 6.45) is 2.19. The Morgan fingerprint density at radius 2 is 1.75 bits per heavy atom. The van der Waals surface area contributed by atoms with Crippen molar-refractivity contribution < 1.29 is 9.53 Å². The number of carbonyl (C=O) groups excluding carboxylic acids is 1. The van der Waals surface area contributed by atoms with Gasteiger partial charge in [-0.25, -0.2) is 4.79 Å². The first-order chi connectivity index (χ1) is 11.3. The molecule has 0 saturated carbocycles. The van der Waals surface area contributed by atoms with Crippen molar-refractivity contribution >= 4 is 23.8 Å². The summed E-state index contributed by atoms with van der Waals surface area (Å²) >= 11 is 5.89. The van der Waals surface area contributed by atoms with Crippen LogP contribution in [0.1, 0.15) is 31.9 Å². The predicted octanol–water partition coefficient (Wildman–Crippen LogP) is 4.71. The molecule has 0 aromatic heterocycles. The van der Waals surface area contributed by atoms with Gasteiger partial charge in [0.1, 0.15) is 5.60 Å². The van der Waals surface area contributed by atoms with E-state index in [9.17, 15) is 4.79 Å². The van der Waals surface area contributed by atoms with Crippen molar-refractivity contribution in [3.63, 3.8) is 0 Å². The molecule has 2 rings (SSSR count). The Hall–Kier alpha value is -2.13. The van der Waals surface area contributed by atoms with Crippen molar-refractivity contribution in [2.24, 2.45) is 4.99 Å². The molecule has 0 saturated heterocycles. The molecule has 4 heteroatoms. The molecule has 0 N–H and O–H groups in total. The molecule has 0 unspecified atom stereocenters.